The third-order valence-corrected chi connectivity index (χ3v) is 2.99. The summed E-state index contributed by atoms with van der Waals surface area (Å²) in [5, 5.41) is 5.64. The van der Waals surface area contributed by atoms with E-state index in [1.54, 1.807) is 18.3 Å². The van der Waals surface area contributed by atoms with Gasteiger partial charge in [-0.2, -0.15) is 5.10 Å². The van der Waals surface area contributed by atoms with Crippen LogP contribution in [-0.2, 0) is 13.1 Å². The normalized spacial score (nSPS) is 11.0. The van der Waals surface area contributed by atoms with E-state index in [0.717, 1.165) is 5.39 Å². The maximum absolute atomic E-state index is 12.2. The predicted molar refractivity (Wildman–Crippen MR) is 71.7 cm³/mol. The lowest BCUT2D eigenvalue weighted by molar-refractivity contribution is 0.441. The van der Waals surface area contributed by atoms with Crippen molar-refractivity contribution in [3.8, 4) is 0 Å². The molecule has 0 aliphatic carbocycles. The van der Waals surface area contributed by atoms with Gasteiger partial charge in [0.2, 0.25) is 0 Å². The van der Waals surface area contributed by atoms with Crippen molar-refractivity contribution in [2.45, 2.75) is 13.1 Å². The summed E-state index contributed by atoms with van der Waals surface area (Å²) in [7, 11) is 0. The first-order chi connectivity index (χ1) is 9.28. The standard InChI is InChI=1S/C14H13N3O2/c15-7-11-5-6-12(19-11)9-17-14(18)13-4-2-1-3-10(13)8-16-17/h1-6,8H,7,9,15H2. The van der Waals surface area contributed by atoms with E-state index in [1.165, 1.54) is 4.68 Å². The molecule has 0 aliphatic heterocycles. The average Bonchev–Trinajstić information content (AvgIpc) is 2.90. The molecule has 5 heteroatoms. The van der Waals surface area contributed by atoms with Crippen molar-refractivity contribution >= 4 is 10.8 Å². The van der Waals surface area contributed by atoms with Gasteiger partial charge in [-0.05, 0) is 18.2 Å². The first-order valence-corrected chi connectivity index (χ1v) is 6.00. The predicted octanol–water partition coefficient (Wildman–Crippen LogP) is 1.50. The molecule has 0 unspecified atom stereocenters. The Hall–Kier alpha value is -2.40. The monoisotopic (exact) mass is 255 g/mol. The number of furan rings is 1. The molecule has 3 aromatic rings. The molecule has 0 aliphatic rings. The molecule has 0 saturated carbocycles. The fraction of sp³-hybridized carbons (Fsp3) is 0.143. The Kier molecular flexibility index (Phi) is 2.89. The largest absolute Gasteiger partial charge is 0.463 e. The van der Waals surface area contributed by atoms with Gasteiger partial charge in [0.1, 0.15) is 18.1 Å². The van der Waals surface area contributed by atoms with Crippen LogP contribution < -0.4 is 11.3 Å². The highest BCUT2D eigenvalue weighted by molar-refractivity contribution is 5.80. The number of fused-ring (bicyclic) bond motifs is 1. The Morgan fingerprint density at radius 3 is 2.74 bits per heavy atom. The van der Waals surface area contributed by atoms with Crippen LogP contribution in [0.2, 0.25) is 0 Å². The molecule has 0 atom stereocenters. The molecular formula is C14H13N3O2. The average molecular weight is 255 g/mol. The van der Waals surface area contributed by atoms with Gasteiger partial charge in [-0.15, -0.1) is 0 Å². The lowest BCUT2D eigenvalue weighted by atomic mass is 10.2. The summed E-state index contributed by atoms with van der Waals surface area (Å²) in [4.78, 5) is 12.2. The molecule has 0 fully saturated rings. The Morgan fingerprint density at radius 2 is 1.95 bits per heavy atom. The number of nitrogens with zero attached hydrogens (tertiary/aromatic N) is 2. The van der Waals surface area contributed by atoms with Gasteiger partial charge >= 0.3 is 0 Å². The zero-order valence-corrected chi connectivity index (χ0v) is 10.2. The van der Waals surface area contributed by atoms with Crippen LogP contribution >= 0.6 is 0 Å². The first kappa shape index (κ1) is 11.7. The number of rotatable bonds is 3. The highest BCUT2D eigenvalue weighted by Gasteiger charge is 2.06. The number of benzene rings is 1. The van der Waals surface area contributed by atoms with E-state index >= 15 is 0 Å². The van der Waals surface area contributed by atoms with E-state index < -0.39 is 0 Å². The summed E-state index contributed by atoms with van der Waals surface area (Å²) in [6, 6.07) is 11.0. The van der Waals surface area contributed by atoms with Crippen LogP contribution in [-0.4, -0.2) is 9.78 Å². The lowest BCUT2D eigenvalue weighted by Crippen LogP contribution is -2.23. The van der Waals surface area contributed by atoms with Crippen molar-refractivity contribution in [2.24, 2.45) is 5.73 Å². The van der Waals surface area contributed by atoms with E-state index in [1.807, 2.05) is 24.3 Å². The third kappa shape index (κ3) is 2.15. The Bertz CT molecular complexity index is 773. The van der Waals surface area contributed by atoms with Crippen molar-refractivity contribution in [1.82, 2.24) is 9.78 Å². The highest BCUT2D eigenvalue weighted by atomic mass is 16.3. The number of hydrogen-bond acceptors (Lipinski definition) is 4. The molecule has 3 rings (SSSR count). The summed E-state index contributed by atoms with van der Waals surface area (Å²) in [5.41, 5.74) is 5.36. The van der Waals surface area contributed by atoms with Crippen LogP contribution in [0.3, 0.4) is 0 Å². The van der Waals surface area contributed by atoms with Crippen LogP contribution in [0.25, 0.3) is 10.8 Å². The Balaban J connectivity index is 2.01. The molecule has 19 heavy (non-hydrogen) atoms. The van der Waals surface area contributed by atoms with Crippen LogP contribution in [0.5, 0.6) is 0 Å². The molecule has 2 heterocycles. The van der Waals surface area contributed by atoms with Crippen LogP contribution in [0, 0.1) is 0 Å². The van der Waals surface area contributed by atoms with E-state index in [9.17, 15) is 4.79 Å². The minimum Gasteiger partial charge on any atom is -0.463 e. The van der Waals surface area contributed by atoms with Crippen molar-refractivity contribution < 1.29 is 4.42 Å². The highest BCUT2D eigenvalue weighted by Crippen LogP contribution is 2.10. The maximum atomic E-state index is 12.2. The molecule has 0 spiro atoms. The van der Waals surface area contributed by atoms with Crippen LogP contribution in [0.1, 0.15) is 11.5 Å². The molecule has 5 nitrogen and oxygen atoms in total. The number of aromatic nitrogens is 2. The van der Waals surface area contributed by atoms with Crippen molar-refractivity contribution in [3.63, 3.8) is 0 Å². The van der Waals surface area contributed by atoms with Gasteiger partial charge < -0.3 is 10.2 Å². The summed E-state index contributed by atoms with van der Waals surface area (Å²) in [5.74, 6) is 1.37. The summed E-state index contributed by atoms with van der Waals surface area (Å²) < 4.78 is 6.87. The van der Waals surface area contributed by atoms with Crippen molar-refractivity contribution in [3.05, 3.63) is 64.5 Å². The van der Waals surface area contributed by atoms with E-state index in [-0.39, 0.29) is 5.56 Å². The minimum atomic E-state index is -0.121. The molecule has 0 radical (unpaired) electrons. The van der Waals surface area contributed by atoms with Gasteiger partial charge in [0.25, 0.3) is 5.56 Å². The second-order valence-corrected chi connectivity index (χ2v) is 4.27. The summed E-state index contributed by atoms with van der Waals surface area (Å²) in [6.07, 6.45) is 1.68. The van der Waals surface area contributed by atoms with Gasteiger partial charge in [-0.25, -0.2) is 4.68 Å². The fourth-order valence-electron chi connectivity index (χ4n) is 2.00. The van der Waals surface area contributed by atoms with Crippen LogP contribution in [0.4, 0.5) is 0 Å². The van der Waals surface area contributed by atoms with Crippen molar-refractivity contribution in [2.75, 3.05) is 0 Å². The first-order valence-electron chi connectivity index (χ1n) is 6.00. The second-order valence-electron chi connectivity index (χ2n) is 4.27. The smallest absolute Gasteiger partial charge is 0.275 e. The van der Waals surface area contributed by atoms with Crippen LogP contribution in [0.15, 0.2) is 51.8 Å². The molecule has 1 aromatic carbocycles. The minimum absolute atomic E-state index is 0.121. The lowest BCUT2D eigenvalue weighted by Gasteiger charge is -2.03. The summed E-state index contributed by atoms with van der Waals surface area (Å²) in [6.45, 7) is 0.656. The van der Waals surface area contributed by atoms with E-state index in [4.69, 9.17) is 10.2 Å². The second kappa shape index (κ2) is 4.70. The molecule has 0 saturated heterocycles. The molecular weight excluding hydrogens is 242 g/mol. The van der Waals surface area contributed by atoms with Gasteiger partial charge in [-0.1, -0.05) is 18.2 Å². The van der Waals surface area contributed by atoms with E-state index in [2.05, 4.69) is 5.10 Å². The number of nitrogens with two attached hydrogens (primary N) is 1. The fourth-order valence-corrected chi connectivity index (χ4v) is 2.00. The quantitative estimate of drug-likeness (QED) is 0.769. The zero-order valence-electron chi connectivity index (χ0n) is 10.2. The Labute approximate surface area is 109 Å². The van der Waals surface area contributed by atoms with E-state index in [0.29, 0.717) is 30.0 Å². The third-order valence-electron chi connectivity index (χ3n) is 2.99. The van der Waals surface area contributed by atoms with Gasteiger partial charge in [0.05, 0.1) is 18.1 Å². The van der Waals surface area contributed by atoms with Gasteiger partial charge in [0.15, 0.2) is 0 Å². The summed E-state index contributed by atoms with van der Waals surface area (Å²) >= 11 is 0. The molecule has 0 amide bonds. The zero-order chi connectivity index (χ0) is 13.2. The van der Waals surface area contributed by atoms with Crippen molar-refractivity contribution in [1.29, 1.82) is 0 Å². The number of hydrogen-bond donors (Lipinski definition) is 1. The molecule has 96 valence electrons. The topological polar surface area (TPSA) is 74.1 Å². The molecule has 2 aromatic heterocycles. The Morgan fingerprint density at radius 1 is 1.16 bits per heavy atom. The molecule has 2 N–H and O–H groups in total. The van der Waals surface area contributed by atoms with Gasteiger partial charge in [-0.3, -0.25) is 4.79 Å². The molecule has 0 bridgehead atoms. The van der Waals surface area contributed by atoms with Gasteiger partial charge in [0, 0.05) is 5.39 Å². The maximum Gasteiger partial charge on any atom is 0.275 e. The SMILES string of the molecule is NCc1ccc(Cn2ncc3ccccc3c2=O)o1.